The number of hydrogen-bond acceptors (Lipinski definition) is 4. The fourth-order valence-electron chi connectivity index (χ4n) is 4.46. The molecular formula is C24H22F3N5O3. The minimum atomic E-state index is -4.59. The zero-order valence-electron chi connectivity index (χ0n) is 19.0. The van der Waals surface area contributed by atoms with E-state index in [9.17, 15) is 27.6 Å². The number of benzene rings is 1. The van der Waals surface area contributed by atoms with Gasteiger partial charge in [0.25, 0.3) is 5.91 Å². The number of Topliss-reactive ketones (excluding diaryl/α,β-unsaturated/α-hetero) is 1. The van der Waals surface area contributed by atoms with Crippen LogP contribution in [0.2, 0.25) is 0 Å². The van der Waals surface area contributed by atoms with E-state index < -0.39 is 36.6 Å². The van der Waals surface area contributed by atoms with Gasteiger partial charge in [0, 0.05) is 38.6 Å². The summed E-state index contributed by atoms with van der Waals surface area (Å²) in [6, 6.07) is 8.01. The van der Waals surface area contributed by atoms with Gasteiger partial charge in [-0.1, -0.05) is 24.3 Å². The van der Waals surface area contributed by atoms with E-state index in [2.05, 4.69) is 15.3 Å². The summed E-state index contributed by atoms with van der Waals surface area (Å²) in [6.07, 6.45) is -5.89. The standard InChI is InChI=1S/C24H22F3N5O3/c1-13-11-31(12-15-4-6-17(28-3)7-5-15)23(35)20-10-19(30-32(13)20)22-18(29-14(2)33)8-16(9-21(22)34)24(25,26)27/h4-7,10,13,16H,8-9,11-12H2,1-2H3,(H,29,33)/t13-,16?/m0/s1. The first-order valence-electron chi connectivity index (χ1n) is 10.9. The Morgan fingerprint density at radius 2 is 1.91 bits per heavy atom. The lowest BCUT2D eigenvalue weighted by atomic mass is 9.84. The second-order valence-corrected chi connectivity index (χ2v) is 8.78. The fourth-order valence-corrected chi connectivity index (χ4v) is 4.46. The molecule has 4 rings (SSSR count). The molecule has 2 atom stereocenters. The first kappa shape index (κ1) is 24.2. The van der Waals surface area contributed by atoms with Gasteiger partial charge >= 0.3 is 6.18 Å². The predicted molar refractivity (Wildman–Crippen MR) is 119 cm³/mol. The number of aromatic nitrogens is 2. The van der Waals surface area contributed by atoms with Gasteiger partial charge in [-0.3, -0.25) is 19.1 Å². The number of carbonyl (C=O) groups excluding carboxylic acids is 3. The summed E-state index contributed by atoms with van der Waals surface area (Å²) in [5.41, 5.74) is 1.37. The van der Waals surface area contributed by atoms with E-state index in [1.54, 1.807) is 29.2 Å². The molecule has 1 aliphatic carbocycles. The summed E-state index contributed by atoms with van der Waals surface area (Å²) in [7, 11) is 0. The molecule has 1 N–H and O–H groups in total. The minimum absolute atomic E-state index is 0.0674. The molecule has 2 aliphatic rings. The van der Waals surface area contributed by atoms with Crippen molar-refractivity contribution in [2.45, 2.75) is 45.5 Å². The Labute approximate surface area is 199 Å². The average molecular weight is 485 g/mol. The maximum Gasteiger partial charge on any atom is 0.392 e. The zero-order valence-corrected chi connectivity index (χ0v) is 19.0. The second kappa shape index (κ2) is 9.02. The second-order valence-electron chi connectivity index (χ2n) is 8.78. The summed E-state index contributed by atoms with van der Waals surface area (Å²) >= 11 is 0. The normalized spacial score (nSPS) is 20.5. The Bertz CT molecular complexity index is 1270. The molecule has 8 nitrogen and oxygen atoms in total. The molecule has 0 bridgehead atoms. The molecule has 1 aliphatic heterocycles. The molecule has 0 radical (unpaired) electrons. The van der Waals surface area contributed by atoms with Crippen LogP contribution < -0.4 is 5.32 Å². The molecule has 0 fully saturated rings. The number of halogens is 3. The van der Waals surface area contributed by atoms with Crippen molar-refractivity contribution in [3.05, 3.63) is 64.4 Å². The molecule has 1 aromatic heterocycles. The van der Waals surface area contributed by atoms with Crippen molar-refractivity contribution in [2.75, 3.05) is 6.54 Å². The van der Waals surface area contributed by atoms with Crippen LogP contribution in [-0.2, 0) is 16.1 Å². The SMILES string of the molecule is [C-]#[N+]c1ccc(CN2C[C@H](C)n3nc(C4=C(NC(C)=O)CC(C(F)(F)F)CC4=O)cc3C2=O)cc1. The monoisotopic (exact) mass is 485 g/mol. The van der Waals surface area contributed by atoms with E-state index >= 15 is 0 Å². The van der Waals surface area contributed by atoms with E-state index in [-0.39, 0.29) is 34.6 Å². The summed E-state index contributed by atoms with van der Waals surface area (Å²) in [5.74, 6) is -3.62. The van der Waals surface area contributed by atoms with Crippen LogP contribution >= 0.6 is 0 Å². The van der Waals surface area contributed by atoms with E-state index in [1.165, 1.54) is 10.7 Å². The quantitative estimate of drug-likeness (QED) is 0.662. The molecule has 0 spiro atoms. The highest BCUT2D eigenvalue weighted by Crippen LogP contribution is 2.40. The predicted octanol–water partition coefficient (Wildman–Crippen LogP) is 4.04. The van der Waals surface area contributed by atoms with Crippen LogP contribution in [0.5, 0.6) is 0 Å². The number of allylic oxidation sites excluding steroid dienone is 2. The van der Waals surface area contributed by atoms with Crippen LogP contribution in [0, 0.1) is 12.5 Å². The molecule has 0 saturated heterocycles. The molecule has 1 aromatic carbocycles. The Morgan fingerprint density at radius 1 is 1.23 bits per heavy atom. The number of hydrogen-bond donors (Lipinski definition) is 1. The van der Waals surface area contributed by atoms with Crippen molar-refractivity contribution < 1.29 is 27.6 Å². The number of nitrogens with one attached hydrogen (secondary N) is 1. The molecule has 2 heterocycles. The average Bonchev–Trinajstić information content (AvgIpc) is 3.22. The van der Waals surface area contributed by atoms with Crippen molar-refractivity contribution in [1.29, 1.82) is 0 Å². The smallest absolute Gasteiger partial charge is 0.331 e. The van der Waals surface area contributed by atoms with Crippen LogP contribution in [0.15, 0.2) is 36.0 Å². The van der Waals surface area contributed by atoms with Crippen molar-refractivity contribution >= 4 is 28.9 Å². The maximum absolute atomic E-state index is 13.3. The van der Waals surface area contributed by atoms with E-state index in [0.29, 0.717) is 18.8 Å². The Hall–Kier alpha value is -3.94. The third kappa shape index (κ3) is 4.82. The maximum atomic E-state index is 13.3. The largest absolute Gasteiger partial charge is 0.392 e. The number of amides is 2. The first-order chi connectivity index (χ1) is 16.5. The molecular weight excluding hydrogens is 463 g/mol. The first-order valence-corrected chi connectivity index (χ1v) is 10.9. The molecule has 2 amide bonds. The number of rotatable bonds is 4. The van der Waals surface area contributed by atoms with Crippen molar-refractivity contribution in [2.24, 2.45) is 5.92 Å². The molecule has 11 heteroatoms. The van der Waals surface area contributed by atoms with Crippen LogP contribution in [0.3, 0.4) is 0 Å². The third-order valence-electron chi connectivity index (χ3n) is 6.09. The van der Waals surface area contributed by atoms with Crippen molar-refractivity contribution in [3.8, 4) is 0 Å². The summed E-state index contributed by atoms with van der Waals surface area (Å²) in [5, 5.41) is 6.76. The Balaban J connectivity index is 1.68. The fraction of sp³-hybridized carbons (Fsp3) is 0.375. The van der Waals surface area contributed by atoms with Gasteiger partial charge in [-0.2, -0.15) is 18.3 Å². The Kier molecular flexibility index (Phi) is 6.23. The topological polar surface area (TPSA) is 88.7 Å². The van der Waals surface area contributed by atoms with Gasteiger partial charge in [0.2, 0.25) is 5.91 Å². The minimum Gasteiger partial charge on any atom is -0.331 e. The lowest BCUT2D eigenvalue weighted by Crippen LogP contribution is -2.41. The van der Waals surface area contributed by atoms with Crippen LogP contribution in [0.4, 0.5) is 18.9 Å². The van der Waals surface area contributed by atoms with Crippen molar-refractivity contribution in [3.63, 3.8) is 0 Å². The van der Waals surface area contributed by atoms with Gasteiger partial charge in [0.1, 0.15) is 5.69 Å². The van der Waals surface area contributed by atoms with Crippen molar-refractivity contribution in [1.82, 2.24) is 20.0 Å². The Morgan fingerprint density at radius 3 is 2.51 bits per heavy atom. The van der Waals surface area contributed by atoms with E-state index in [1.807, 2.05) is 6.92 Å². The highest BCUT2D eigenvalue weighted by Gasteiger charge is 2.45. The molecule has 1 unspecified atom stereocenters. The number of nitrogens with zero attached hydrogens (tertiary/aromatic N) is 4. The van der Waals surface area contributed by atoms with Gasteiger partial charge in [0.05, 0.1) is 29.8 Å². The molecule has 0 saturated carbocycles. The van der Waals surface area contributed by atoms with Crippen LogP contribution in [0.25, 0.3) is 10.4 Å². The highest BCUT2D eigenvalue weighted by molar-refractivity contribution is 6.22. The number of carbonyl (C=O) groups is 3. The lowest BCUT2D eigenvalue weighted by Gasteiger charge is -2.31. The van der Waals surface area contributed by atoms with Gasteiger partial charge < -0.3 is 10.2 Å². The number of alkyl halides is 3. The number of fused-ring (bicyclic) bond motifs is 1. The van der Waals surface area contributed by atoms with Crippen LogP contribution in [-0.4, -0.2) is 45.0 Å². The van der Waals surface area contributed by atoms with Crippen LogP contribution in [0.1, 0.15) is 54.5 Å². The van der Waals surface area contributed by atoms with Gasteiger partial charge in [-0.25, -0.2) is 4.85 Å². The lowest BCUT2D eigenvalue weighted by molar-refractivity contribution is -0.178. The highest BCUT2D eigenvalue weighted by atomic mass is 19.4. The summed E-state index contributed by atoms with van der Waals surface area (Å²) in [4.78, 5) is 42.6. The number of ketones is 1. The third-order valence-corrected chi connectivity index (χ3v) is 6.09. The van der Waals surface area contributed by atoms with E-state index in [0.717, 1.165) is 12.5 Å². The van der Waals surface area contributed by atoms with Gasteiger partial charge in [0.15, 0.2) is 11.5 Å². The zero-order chi connectivity index (χ0) is 25.5. The molecule has 182 valence electrons. The van der Waals surface area contributed by atoms with E-state index in [4.69, 9.17) is 6.57 Å². The van der Waals surface area contributed by atoms with Gasteiger partial charge in [-0.05, 0) is 18.6 Å². The summed E-state index contributed by atoms with van der Waals surface area (Å²) < 4.78 is 41.5. The molecule has 35 heavy (non-hydrogen) atoms. The van der Waals surface area contributed by atoms with Gasteiger partial charge in [-0.15, -0.1) is 0 Å². The molecule has 2 aromatic rings. The summed E-state index contributed by atoms with van der Waals surface area (Å²) in [6.45, 7) is 10.7.